The molecule has 7 nitrogen and oxygen atoms in total. The van der Waals surface area contributed by atoms with Gasteiger partial charge in [0.05, 0.1) is 22.6 Å². The van der Waals surface area contributed by atoms with Gasteiger partial charge >= 0.3 is 6.09 Å². The smallest absolute Gasteiger partial charge is 0.410 e. The van der Waals surface area contributed by atoms with E-state index in [1.165, 1.54) is 0 Å². The van der Waals surface area contributed by atoms with Crippen LogP contribution in [0.4, 0.5) is 4.79 Å². The first-order valence-corrected chi connectivity index (χ1v) is 10.9. The second kappa shape index (κ2) is 9.12. The molecule has 1 saturated heterocycles. The average Bonchev–Trinajstić information content (AvgIpc) is 3.01. The first-order chi connectivity index (χ1) is 14.6. The molecular formula is C24H34N4O3. The normalized spacial score (nSPS) is 16.8. The molecule has 1 aromatic heterocycles. The fraction of sp³-hybridized carbons (Fsp3) is 0.542. The number of piperidine rings is 1. The average molecular weight is 427 g/mol. The van der Waals surface area contributed by atoms with Gasteiger partial charge < -0.3 is 14.5 Å². The van der Waals surface area contributed by atoms with Gasteiger partial charge in [0.25, 0.3) is 5.91 Å². The molecule has 1 fully saturated rings. The van der Waals surface area contributed by atoms with E-state index in [2.05, 4.69) is 5.10 Å². The first-order valence-electron chi connectivity index (χ1n) is 10.9. The topological polar surface area (TPSA) is 67.7 Å². The Morgan fingerprint density at radius 3 is 2.52 bits per heavy atom. The highest BCUT2D eigenvalue weighted by molar-refractivity contribution is 5.96. The third-order valence-electron chi connectivity index (χ3n) is 5.55. The molecule has 0 aliphatic carbocycles. The van der Waals surface area contributed by atoms with Crippen LogP contribution in [0.5, 0.6) is 0 Å². The van der Waals surface area contributed by atoms with Gasteiger partial charge in [-0.1, -0.05) is 18.2 Å². The van der Waals surface area contributed by atoms with Crippen molar-refractivity contribution in [3.8, 4) is 5.69 Å². The van der Waals surface area contributed by atoms with Crippen LogP contribution in [0.1, 0.15) is 55.4 Å². The van der Waals surface area contributed by atoms with Crippen molar-refractivity contribution in [3.05, 3.63) is 47.3 Å². The zero-order valence-corrected chi connectivity index (χ0v) is 19.5. The zero-order chi connectivity index (χ0) is 22.8. The van der Waals surface area contributed by atoms with E-state index in [0.717, 1.165) is 36.5 Å². The van der Waals surface area contributed by atoms with Gasteiger partial charge in [0, 0.05) is 26.7 Å². The summed E-state index contributed by atoms with van der Waals surface area (Å²) in [6, 6.07) is 9.85. The van der Waals surface area contributed by atoms with Crippen LogP contribution >= 0.6 is 0 Å². The van der Waals surface area contributed by atoms with Crippen LogP contribution in [0.2, 0.25) is 0 Å². The van der Waals surface area contributed by atoms with Crippen molar-refractivity contribution in [2.45, 2.75) is 53.1 Å². The van der Waals surface area contributed by atoms with E-state index < -0.39 is 5.60 Å². The summed E-state index contributed by atoms with van der Waals surface area (Å²) in [5, 5.41) is 4.62. The Bertz CT molecular complexity index is 930. The Hall–Kier alpha value is -2.83. The summed E-state index contributed by atoms with van der Waals surface area (Å²) in [5.74, 6) is 0.238. The van der Waals surface area contributed by atoms with E-state index in [1.54, 1.807) is 11.9 Å². The maximum absolute atomic E-state index is 13.4. The molecule has 1 aliphatic rings. The van der Waals surface area contributed by atoms with Crippen LogP contribution in [-0.4, -0.2) is 63.9 Å². The molecule has 7 heteroatoms. The molecule has 0 saturated carbocycles. The highest BCUT2D eigenvalue weighted by atomic mass is 16.6. The number of ether oxygens (including phenoxy) is 1. The van der Waals surface area contributed by atoms with E-state index in [9.17, 15) is 9.59 Å². The van der Waals surface area contributed by atoms with E-state index in [4.69, 9.17) is 4.74 Å². The summed E-state index contributed by atoms with van der Waals surface area (Å²) in [6.07, 6.45) is 1.58. The Morgan fingerprint density at radius 1 is 1.19 bits per heavy atom. The number of benzene rings is 1. The van der Waals surface area contributed by atoms with Crippen molar-refractivity contribution in [3.63, 3.8) is 0 Å². The van der Waals surface area contributed by atoms with E-state index in [-0.39, 0.29) is 17.9 Å². The number of likely N-dealkylation sites (tertiary alicyclic amines) is 1. The van der Waals surface area contributed by atoms with Crippen molar-refractivity contribution in [2.24, 2.45) is 5.92 Å². The summed E-state index contributed by atoms with van der Waals surface area (Å²) in [5.41, 5.74) is 2.68. The molecule has 1 aliphatic heterocycles. The third kappa shape index (κ3) is 5.46. The van der Waals surface area contributed by atoms with Crippen LogP contribution in [0.25, 0.3) is 5.69 Å². The SMILES string of the molecule is Cc1nn(-c2ccccc2)c(C)c1C(=O)N1CCC[C@@H](CN(C)C(=O)OC(C)(C)C)C1. The third-order valence-corrected chi connectivity index (χ3v) is 5.55. The van der Waals surface area contributed by atoms with E-state index in [0.29, 0.717) is 18.7 Å². The Balaban J connectivity index is 1.70. The number of para-hydroxylation sites is 1. The maximum atomic E-state index is 13.4. The van der Waals surface area contributed by atoms with Gasteiger partial charge in [-0.15, -0.1) is 0 Å². The molecular weight excluding hydrogens is 392 g/mol. The van der Waals surface area contributed by atoms with Crippen LogP contribution in [0.3, 0.4) is 0 Å². The largest absolute Gasteiger partial charge is 0.444 e. The molecule has 1 atom stereocenters. The Kier molecular flexibility index (Phi) is 6.72. The molecule has 3 rings (SSSR count). The number of hydrogen-bond acceptors (Lipinski definition) is 4. The molecule has 0 spiro atoms. The summed E-state index contributed by atoms with van der Waals surface area (Å²) in [4.78, 5) is 29.2. The number of rotatable bonds is 4. The van der Waals surface area contributed by atoms with Crippen molar-refractivity contribution >= 4 is 12.0 Å². The van der Waals surface area contributed by atoms with Crippen LogP contribution in [0.15, 0.2) is 30.3 Å². The predicted molar refractivity (Wildman–Crippen MR) is 121 cm³/mol. The molecule has 0 radical (unpaired) electrons. The molecule has 0 unspecified atom stereocenters. The molecule has 168 valence electrons. The molecule has 2 amide bonds. The lowest BCUT2D eigenvalue weighted by Crippen LogP contribution is -2.45. The van der Waals surface area contributed by atoms with Gasteiger partial charge in [-0.05, 0) is 65.5 Å². The standard InChI is InChI=1S/C24H34N4O3/c1-17-21(18(2)28(25-17)20-12-8-7-9-13-20)22(29)27-14-10-11-19(16-27)15-26(6)23(30)31-24(3,4)5/h7-9,12-13,19H,10-11,14-16H2,1-6H3/t19-/m0/s1. The quantitative estimate of drug-likeness (QED) is 0.735. The highest BCUT2D eigenvalue weighted by Gasteiger charge is 2.30. The first kappa shape index (κ1) is 22.8. The van der Waals surface area contributed by atoms with Gasteiger partial charge in [-0.2, -0.15) is 5.10 Å². The number of nitrogens with zero attached hydrogens (tertiary/aromatic N) is 4. The Morgan fingerprint density at radius 2 is 1.87 bits per heavy atom. The molecule has 2 aromatic rings. The van der Waals surface area contributed by atoms with E-state index in [1.807, 2.05) is 74.5 Å². The minimum Gasteiger partial charge on any atom is -0.444 e. The molecule has 0 N–H and O–H groups in total. The van der Waals surface area contributed by atoms with Crippen molar-refractivity contribution in [2.75, 3.05) is 26.7 Å². The fourth-order valence-electron chi connectivity index (χ4n) is 4.13. The number of carbonyl (C=O) groups excluding carboxylic acids is 2. The van der Waals surface area contributed by atoms with Crippen LogP contribution < -0.4 is 0 Å². The minimum absolute atomic E-state index is 0.0156. The lowest BCUT2D eigenvalue weighted by Gasteiger charge is -2.35. The summed E-state index contributed by atoms with van der Waals surface area (Å²) >= 11 is 0. The number of hydrogen-bond donors (Lipinski definition) is 0. The van der Waals surface area contributed by atoms with Gasteiger partial charge in [0.1, 0.15) is 5.60 Å². The van der Waals surface area contributed by atoms with Crippen molar-refractivity contribution in [1.82, 2.24) is 19.6 Å². The maximum Gasteiger partial charge on any atom is 0.410 e. The van der Waals surface area contributed by atoms with Crippen molar-refractivity contribution < 1.29 is 14.3 Å². The summed E-state index contributed by atoms with van der Waals surface area (Å²) in [7, 11) is 1.76. The zero-order valence-electron chi connectivity index (χ0n) is 19.5. The monoisotopic (exact) mass is 426 g/mol. The number of carbonyl (C=O) groups is 2. The van der Waals surface area contributed by atoms with E-state index >= 15 is 0 Å². The summed E-state index contributed by atoms with van der Waals surface area (Å²) < 4.78 is 7.29. The van der Waals surface area contributed by atoms with Gasteiger partial charge in [-0.3, -0.25) is 4.79 Å². The molecule has 2 heterocycles. The minimum atomic E-state index is -0.520. The Labute approximate surface area is 185 Å². The molecule has 1 aromatic carbocycles. The lowest BCUT2D eigenvalue weighted by molar-refractivity contribution is 0.0244. The second-order valence-electron chi connectivity index (χ2n) is 9.41. The molecule has 31 heavy (non-hydrogen) atoms. The summed E-state index contributed by atoms with van der Waals surface area (Å²) in [6.45, 7) is 11.3. The number of amides is 2. The lowest BCUT2D eigenvalue weighted by atomic mass is 9.96. The second-order valence-corrected chi connectivity index (χ2v) is 9.41. The highest BCUT2D eigenvalue weighted by Crippen LogP contribution is 2.24. The number of aromatic nitrogens is 2. The number of aryl methyl sites for hydroxylation is 1. The van der Waals surface area contributed by atoms with Gasteiger partial charge in [0.15, 0.2) is 0 Å². The van der Waals surface area contributed by atoms with Gasteiger partial charge in [-0.25, -0.2) is 9.48 Å². The predicted octanol–water partition coefficient (Wildman–Crippen LogP) is 4.21. The van der Waals surface area contributed by atoms with Crippen LogP contribution in [0, 0.1) is 19.8 Å². The fourth-order valence-corrected chi connectivity index (χ4v) is 4.13. The van der Waals surface area contributed by atoms with Crippen molar-refractivity contribution in [1.29, 1.82) is 0 Å². The van der Waals surface area contributed by atoms with Crippen LogP contribution in [-0.2, 0) is 4.74 Å². The molecule has 0 bridgehead atoms. The van der Waals surface area contributed by atoms with Gasteiger partial charge in [0.2, 0.25) is 0 Å².